The first-order chi connectivity index (χ1) is 15.8. The van der Waals surface area contributed by atoms with E-state index in [0.29, 0.717) is 9.80 Å². The third-order valence-corrected chi connectivity index (χ3v) is 4.00. The van der Waals surface area contributed by atoms with Gasteiger partial charge in [0.15, 0.2) is 0 Å². The second-order valence-corrected chi connectivity index (χ2v) is 5.60. The average Bonchev–Trinajstić information content (AvgIpc) is 3.18. The van der Waals surface area contributed by atoms with Crippen molar-refractivity contribution < 1.29 is 35.3 Å². The number of β-amino-alcohol motifs (C(OH)–C–C–N with tert-alkyl or cyclic N) is 1. The van der Waals surface area contributed by atoms with Crippen LogP contribution in [-0.2, 0) is 0 Å². The molecule has 2 aliphatic heterocycles. The van der Waals surface area contributed by atoms with Gasteiger partial charge in [0, 0.05) is 0 Å². The molecule has 26 heavy (non-hydrogen) atoms. The third kappa shape index (κ3) is 2.33. The molecule has 2 aromatic rings. The molecule has 2 aromatic carbocycles. The molecule has 0 saturated heterocycles. The smallest absolute Gasteiger partial charge is 0.261 e. The molecule has 0 atom stereocenters. The maximum absolute atomic E-state index is 12.7. The van der Waals surface area contributed by atoms with Crippen LogP contribution in [0.4, 0.5) is 0 Å². The standard InChI is InChI=1S/C19H14N2O5/c22-11(9-20-16(23)12-5-1-2-6-13(12)17(20)24)10-21-18(25)14-7-3-4-8-15(14)19(21)26/h1-8,11,22H,9-10H2/i1D,2D,3D,4D,5D,6D,7D,8D. The normalized spacial score (nSPS) is 20.2. The summed E-state index contributed by atoms with van der Waals surface area (Å²) in [5.74, 6) is -4.30. The summed E-state index contributed by atoms with van der Waals surface area (Å²) in [6.45, 7) is -1.51. The number of carbonyl (C=O) groups excluding carboxylic acids is 4. The van der Waals surface area contributed by atoms with E-state index in [1.807, 2.05) is 0 Å². The lowest BCUT2D eigenvalue weighted by Crippen LogP contribution is -2.44. The van der Waals surface area contributed by atoms with E-state index >= 15 is 0 Å². The predicted octanol–water partition coefficient (Wildman–Crippen LogP) is 0.940. The minimum Gasteiger partial charge on any atom is -0.389 e. The summed E-state index contributed by atoms with van der Waals surface area (Å²) < 4.78 is 62.2. The molecule has 4 amide bonds. The van der Waals surface area contributed by atoms with E-state index in [9.17, 15) is 24.3 Å². The van der Waals surface area contributed by atoms with Crippen molar-refractivity contribution >= 4 is 23.6 Å². The number of amides is 4. The van der Waals surface area contributed by atoms with Crippen LogP contribution >= 0.6 is 0 Å². The number of benzene rings is 2. The van der Waals surface area contributed by atoms with Gasteiger partial charge in [-0.1, -0.05) is 24.2 Å². The van der Waals surface area contributed by atoms with Crippen molar-refractivity contribution in [1.82, 2.24) is 9.80 Å². The van der Waals surface area contributed by atoms with E-state index in [0.717, 1.165) is 0 Å². The zero-order valence-electron chi connectivity index (χ0n) is 21.0. The molecule has 1 N–H and O–H groups in total. The highest BCUT2D eigenvalue weighted by Crippen LogP contribution is 2.25. The minimum atomic E-state index is -1.70. The van der Waals surface area contributed by atoms with Gasteiger partial charge >= 0.3 is 0 Å². The fraction of sp³-hybridized carbons (Fsp3) is 0.158. The highest BCUT2D eigenvalue weighted by atomic mass is 16.3. The first-order valence-electron chi connectivity index (χ1n) is 11.4. The Morgan fingerprint density at radius 3 is 1.23 bits per heavy atom. The number of aliphatic hydroxyl groups is 1. The third-order valence-electron chi connectivity index (χ3n) is 4.00. The van der Waals surface area contributed by atoms with E-state index < -0.39 is 113 Å². The lowest BCUT2D eigenvalue weighted by atomic mass is 10.1. The molecule has 7 nitrogen and oxygen atoms in total. The Bertz CT molecular complexity index is 1170. The van der Waals surface area contributed by atoms with E-state index in [-0.39, 0.29) is 0 Å². The number of hydrogen-bond donors (Lipinski definition) is 1. The fourth-order valence-electron chi connectivity index (χ4n) is 2.80. The summed E-state index contributed by atoms with van der Waals surface area (Å²) in [4.78, 5) is 51.7. The van der Waals surface area contributed by atoms with Gasteiger partial charge in [0.25, 0.3) is 23.6 Å². The largest absolute Gasteiger partial charge is 0.389 e. The van der Waals surface area contributed by atoms with Crippen molar-refractivity contribution in [1.29, 1.82) is 0 Å². The van der Waals surface area contributed by atoms with Crippen molar-refractivity contribution in [2.24, 2.45) is 0 Å². The van der Waals surface area contributed by atoms with Crippen molar-refractivity contribution in [2.75, 3.05) is 13.1 Å². The zero-order chi connectivity index (χ0) is 25.4. The maximum atomic E-state index is 12.7. The molecular weight excluding hydrogens is 336 g/mol. The predicted molar refractivity (Wildman–Crippen MR) is 89.6 cm³/mol. The van der Waals surface area contributed by atoms with Crippen molar-refractivity contribution in [3.8, 4) is 0 Å². The molecule has 2 aliphatic rings. The van der Waals surface area contributed by atoms with Crippen LogP contribution < -0.4 is 0 Å². The van der Waals surface area contributed by atoms with Crippen LogP contribution in [0.3, 0.4) is 0 Å². The molecule has 130 valence electrons. The van der Waals surface area contributed by atoms with E-state index in [2.05, 4.69) is 0 Å². The van der Waals surface area contributed by atoms with Gasteiger partial charge in [0.05, 0.1) is 52.4 Å². The quantitative estimate of drug-likeness (QED) is 0.821. The molecule has 7 heteroatoms. The average molecular weight is 358 g/mol. The number of fused-ring (bicyclic) bond motifs is 2. The number of aliphatic hydroxyl groups excluding tert-OH is 1. The summed E-state index contributed by atoms with van der Waals surface area (Å²) in [7, 11) is 0. The Hall–Kier alpha value is -3.32. The summed E-state index contributed by atoms with van der Waals surface area (Å²) in [6.07, 6.45) is -1.70. The molecule has 0 radical (unpaired) electrons. The second kappa shape index (κ2) is 5.89. The Morgan fingerprint density at radius 1 is 0.692 bits per heavy atom. The molecule has 0 fully saturated rings. The first-order valence-corrected chi connectivity index (χ1v) is 7.42. The van der Waals surface area contributed by atoms with Crippen LogP contribution in [0.5, 0.6) is 0 Å². The number of imide groups is 2. The van der Waals surface area contributed by atoms with Gasteiger partial charge in [-0.05, 0) is 24.2 Å². The van der Waals surface area contributed by atoms with Crippen molar-refractivity contribution in [3.05, 3.63) is 70.6 Å². The van der Waals surface area contributed by atoms with Gasteiger partial charge in [-0.15, -0.1) is 0 Å². The molecular formula is C19H14N2O5. The second-order valence-electron chi connectivity index (χ2n) is 5.60. The summed E-state index contributed by atoms with van der Waals surface area (Å²) in [6, 6.07) is -5.69. The Balaban J connectivity index is 1.60. The zero-order valence-corrected chi connectivity index (χ0v) is 13.0. The van der Waals surface area contributed by atoms with Crippen LogP contribution in [0.1, 0.15) is 52.4 Å². The van der Waals surface area contributed by atoms with Gasteiger partial charge in [0.2, 0.25) is 0 Å². The van der Waals surface area contributed by atoms with Crippen LogP contribution in [-0.4, -0.2) is 57.7 Å². The highest BCUT2D eigenvalue weighted by molar-refractivity contribution is 6.22. The molecule has 0 aliphatic carbocycles. The Morgan fingerprint density at radius 2 is 0.962 bits per heavy atom. The van der Waals surface area contributed by atoms with Crippen LogP contribution in [0.15, 0.2) is 48.3 Å². The number of rotatable bonds is 4. The van der Waals surface area contributed by atoms with Gasteiger partial charge in [-0.25, -0.2) is 0 Å². The van der Waals surface area contributed by atoms with Gasteiger partial charge < -0.3 is 5.11 Å². The SMILES string of the molecule is [2H]c1c([2H])c([2H])c2c(c1[2H])C(=O)N(CC(O)CN1C(=O)c3c([2H])c([2H])c([2H])c([2H])c3C1=O)C2=O. The monoisotopic (exact) mass is 358 g/mol. The Labute approximate surface area is 159 Å². The van der Waals surface area contributed by atoms with Crippen molar-refractivity contribution in [3.63, 3.8) is 0 Å². The molecule has 0 bridgehead atoms. The first kappa shape index (κ1) is 9.40. The van der Waals surface area contributed by atoms with Gasteiger partial charge in [0.1, 0.15) is 0 Å². The van der Waals surface area contributed by atoms with Crippen molar-refractivity contribution in [2.45, 2.75) is 6.10 Å². The molecule has 4 rings (SSSR count). The molecule has 0 aromatic heterocycles. The highest BCUT2D eigenvalue weighted by Gasteiger charge is 2.39. The number of hydrogen-bond acceptors (Lipinski definition) is 5. The summed E-state index contributed by atoms with van der Waals surface area (Å²) in [5.41, 5.74) is -2.19. The van der Waals surface area contributed by atoms with Gasteiger partial charge in [-0.2, -0.15) is 0 Å². The summed E-state index contributed by atoms with van der Waals surface area (Å²) >= 11 is 0. The lowest BCUT2D eigenvalue weighted by Gasteiger charge is -2.22. The lowest BCUT2D eigenvalue weighted by molar-refractivity contribution is 0.0428. The molecule has 2 heterocycles. The van der Waals surface area contributed by atoms with Gasteiger partial charge in [-0.3, -0.25) is 29.0 Å². The number of carbonyl (C=O) groups is 4. The Kier molecular flexibility index (Phi) is 2.13. The fourth-order valence-corrected chi connectivity index (χ4v) is 2.80. The minimum absolute atomic E-state index is 0.484. The van der Waals surface area contributed by atoms with E-state index in [1.165, 1.54) is 0 Å². The molecule has 0 spiro atoms. The molecule has 0 saturated carbocycles. The summed E-state index contributed by atoms with van der Waals surface area (Å²) in [5, 5.41) is 10.5. The maximum Gasteiger partial charge on any atom is 0.261 e. The number of nitrogens with zero attached hydrogens (tertiary/aromatic N) is 2. The molecule has 0 unspecified atom stereocenters. The van der Waals surface area contributed by atoms with Crippen LogP contribution in [0.2, 0.25) is 0 Å². The van der Waals surface area contributed by atoms with E-state index in [1.54, 1.807) is 0 Å². The van der Waals surface area contributed by atoms with Crippen LogP contribution in [0.25, 0.3) is 0 Å². The van der Waals surface area contributed by atoms with Crippen LogP contribution in [0, 0.1) is 0 Å². The topological polar surface area (TPSA) is 95.0 Å². The van der Waals surface area contributed by atoms with E-state index in [4.69, 9.17) is 11.0 Å².